The number of amides is 2. The second kappa shape index (κ2) is 6.08. The number of alkyl halides is 3. The van der Waals surface area contributed by atoms with Crippen LogP contribution in [0.3, 0.4) is 0 Å². The smallest absolute Gasteiger partial charge is 0.350 e. The Labute approximate surface area is 141 Å². The number of imide groups is 1. The highest BCUT2D eigenvalue weighted by molar-refractivity contribution is 6.36. The van der Waals surface area contributed by atoms with Gasteiger partial charge in [0.15, 0.2) is 0 Å². The molecule has 0 bridgehead atoms. The lowest BCUT2D eigenvalue weighted by molar-refractivity contribution is -0.137. The molecule has 0 atom stereocenters. The zero-order valence-corrected chi connectivity index (χ0v) is 13.1. The lowest BCUT2D eigenvalue weighted by Gasteiger charge is -2.12. The Kier molecular flexibility index (Phi) is 4.08. The van der Waals surface area contributed by atoms with Crippen LogP contribution >= 0.6 is 0 Å². The number of carbonyl (C=O) groups excluding carboxylic acids is 2. The van der Waals surface area contributed by atoms with Gasteiger partial charge in [-0.1, -0.05) is 36.4 Å². The lowest BCUT2D eigenvalue weighted by atomic mass is 10.0. The number of rotatable bonds is 3. The number of likely N-dealkylation sites (N-methyl/N-ethyl adjacent to an activating group) is 1. The first-order valence-electron chi connectivity index (χ1n) is 7.35. The first kappa shape index (κ1) is 16.8. The summed E-state index contributed by atoms with van der Waals surface area (Å²) in [5, 5.41) is 2.68. The van der Waals surface area contributed by atoms with Crippen LogP contribution < -0.4 is 5.32 Å². The van der Waals surface area contributed by atoms with Gasteiger partial charge in [0.2, 0.25) is 0 Å². The summed E-state index contributed by atoms with van der Waals surface area (Å²) >= 11 is 0. The van der Waals surface area contributed by atoms with Crippen LogP contribution in [0.5, 0.6) is 0 Å². The van der Waals surface area contributed by atoms with Crippen LogP contribution in [0.25, 0.3) is 5.57 Å². The molecule has 0 radical (unpaired) electrons. The van der Waals surface area contributed by atoms with Crippen LogP contribution in [0.4, 0.5) is 18.9 Å². The van der Waals surface area contributed by atoms with Gasteiger partial charge in [0.25, 0.3) is 11.8 Å². The van der Waals surface area contributed by atoms with Crippen LogP contribution in [0.2, 0.25) is 0 Å². The molecule has 0 saturated carbocycles. The summed E-state index contributed by atoms with van der Waals surface area (Å²) in [7, 11) is 1.33. The van der Waals surface area contributed by atoms with Crippen LogP contribution in [0.1, 0.15) is 11.1 Å². The van der Waals surface area contributed by atoms with Gasteiger partial charge in [-0.3, -0.25) is 14.5 Å². The second-order valence-electron chi connectivity index (χ2n) is 5.49. The fourth-order valence-electron chi connectivity index (χ4n) is 2.55. The van der Waals surface area contributed by atoms with E-state index in [9.17, 15) is 22.8 Å². The summed E-state index contributed by atoms with van der Waals surface area (Å²) in [5.41, 5.74) is -0.164. The second-order valence-corrected chi connectivity index (χ2v) is 5.49. The van der Waals surface area contributed by atoms with Crippen molar-refractivity contribution in [3.05, 3.63) is 71.4 Å². The molecule has 0 aromatic heterocycles. The predicted molar refractivity (Wildman–Crippen MR) is 86.2 cm³/mol. The van der Waals surface area contributed by atoms with Gasteiger partial charge in [0.1, 0.15) is 5.70 Å². The zero-order chi connectivity index (χ0) is 18.2. The molecule has 7 heteroatoms. The Balaban J connectivity index is 2.05. The van der Waals surface area contributed by atoms with Crippen molar-refractivity contribution < 1.29 is 22.8 Å². The van der Waals surface area contributed by atoms with E-state index in [1.807, 2.05) is 0 Å². The van der Waals surface area contributed by atoms with Gasteiger partial charge >= 0.3 is 6.18 Å². The predicted octanol–water partition coefficient (Wildman–Crippen LogP) is 3.53. The molecule has 0 spiro atoms. The van der Waals surface area contributed by atoms with Crippen LogP contribution in [-0.2, 0) is 15.8 Å². The van der Waals surface area contributed by atoms with Crippen molar-refractivity contribution in [2.24, 2.45) is 0 Å². The number of hydrogen-bond donors (Lipinski definition) is 1. The molecule has 0 unspecified atom stereocenters. The third-order valence-electron chi connectivity index (χ3n) is 3.81. The quantitative estimate of drug-likeness (QED) is 0.865. The third-order valence-corrected chi connectivity index (χ3v) is 3.81. The largest absolute Gasteiger partial charge is 0.416 e. The molecule has 0 fully saturated rings. The van der Waals surface area contributed by atoms with E-state index in [4.69, 9.17) is 0 Å². The monoisotopic (exact) mass is 346 g/mol. The number of halogens is 3. The van der Waals surface area contributed by atoms with E-state index in [2.05, 4.69) is 5.32 Å². The summed E-state index contributed by atoms with van der Waals surface area (Å²) in [6.45, 7) is 0. The first-order valence-corrected chi connectivity index (χ1v) is 7.35. The minimum absolute atomic E-state index is 0.0435. The molecular formula is C18H13F3N2O2. The number of benzene rings is 2. The van der Waals surface area contributed by atoms with Crippen molar-refractivity contribution in [1.82, 2.24) is 4.90 Å². The fraction of sp³-hybridized carbons (Fsp3) is 0.111. The number of nitrogens with one attached hydrogen (secondary N) is 1. The Hall–Kier alpha value is -3.09. The number of carbonyl (C=O) groups is 2. The molecule has 1 N–H and O–H groups in total. The van der Waals surface area contributed by atoms with Crippen LogP contribution in [-0.4, -0.2) is 23.8 Å². The summed E-state index contributed by atoms with van der Waals surface area (Å²) in [5.74, 6) is -1.10. The Bertz CT molecular complexity index is 873. The molecule has 1 heterocycles. The normalized spacial score (nSPS) is 15.1. The van der Waals surface area contributed by atoms with Crippen molar-refractivity contribution in [1.29, 1.82) is 0 Å². The number of hydrogen-bond acceptors (Lipinski definition) is 3. The van der Waals surface area contributed by atoms with Crippen molar-refractivity contribution in [2.75, 3.05) is 12.4 Å². The van der Waals surface area contributed by atoms with Crippen molar-refractivity contribution in [3.63, 3.8) is 0 Å². The maximum Gasteiger partial charge on any atom is 0.416 e. The minimum atomic E-state index is -4.50. The maximum atomic E-state index is 12.9. The molecule has 2 aromatic rings. The molecular weight excluding hydrogens is 333 g/mol. The van der Waals surface area contributed by atoms with Gasteiger partial charge in [-0.15, -0.1) is 0 Å². The van der Waals surface area contributed by atoms with Crippen molar-refractivity contribution >= 4 is 23.1 Å². The molecule has 128 valence electrons. The summed E-state index contributed by atoms with van der Waals surface area (Å²) < 4.78 is 38.6. The molecule has 4 nitrogen and oxygen atoms in total. The van der Waals surface area contributed by atoms with E-state index in [-0.39, 0.29) is 17.0 Å². The summed E-state index contributed by atoms with van der Waals surface area (Å²) in [6, 6.07) is 13.0. The van der Waals surface area contributed by atoms with E-state index in [0.29, 0.717) is 5.56 Å². The highest BCUT2D eigenvalue weighted by atomic mass is 19.4. The highest BCUT2D eigenvalue weighted by Gasteiger charge is 2.37. The molecule has 2 amide bonds. The van der Waals surface area contributed by atoms with E-state index >= 15 is 0 Å². The van der Waals surface area contributed by atoms with E-state index in [1.54, 1.807) is 30.3 Å². The minimum Gasteiger partial charge on any atom is -0.350 e. The van der Waals surface area contributed by atoms with E-state index in [0.717, 1.165) is 17.0 Å². The van der Waals surface area contributed by atoms with Crippen LogP contribution in [0, 0.1) is 0 Å². The zero-order valence-electron chi connectivity index (χ0n) is 13.1. The maximum absolute atomic E-state index is 12.9. The Morgan fingerprint density at radius 3 is 2.24 bits per heavy atom. The molecule has 0 aliphatic carbocycles. The lowest BCUT2D eigenvalue weighted by Crippen LogP contribution is -2.27. The molecule has 25 heavy (non-hydrogen) atoms. The van der Waals surface area contributed by atoms with Gasteiger partial charge < -0.3 is 5.32 Å². The summed E-state index contributed by atoms with van der Waals surface area (Å²) in [4.78, 5) is 25.6. The number of anilines is 1. The topological polar surface area (TPSA) is 49.4 Å². The van der Waals surface area contributed by atoms with Gasteiger partial charge in [-0.05, 0) is 23.8 Å². The van der Waals surface area contributed by atoms with E-state index in [1.165, 1.54) is 19.2 Å². The van der Waals surface area contributed by atoms with Crippen molar-refractivity contribution in [3.8, 4) is 0 Å². The first-order chi connectivity index (χ1) is 11.8. The average molecular weight is 346 g/mol. The van der Waals surface area contributed by atoms with Crippen LogP contribution in [0.15, 0.2) is 60.3 Å². The van der Waals surface area contributed by atoms with E-state index < -0.39 is 23.6 Å². The SMILES string of the molecule is CN1C(=O)C(Nc2cccc(C(F)(F)F)c2)=C(c2ccccc2)C1=O. The van der Waals surface area contributed by atoms with Crippen molar-refractivity contribution in [2.45, 2.75) is 6.18 Å². The molecule has 1 aliphatic rings. The van der Waals surface area contributed by atoms with Gasteiger partial charge in [0, 0.05) is 12.7 Å². The molecule has 3 rings (SSSR count). The van der Waals surface area contributed by atoms with Gasteiger partial charge in [0.05, 0.1) is 11.1 Å². The Morgan fingerprint density at radius 2 is 1.60 bits per heavy atom. The third kappa shape index (κ3) is 3.13. The molecule has 1 aliphatic heterocycles. The van der Waals surface area contributed by atoms with Gasteiger partial charge in [-0.2, -0.15) is 13.2 Å². The number of nitrogens with zero attached hydrogens (tertiary/aromatic N) is 1. The summed E-state index contributed by atoms with van der Waals surface area (Å²) in [6.07, 6.45) is -4.50. The highest BCUT2D eigenvalue weighted by Crippen LogP contribution is 2.33. The standard InChI is InChI=1S/C18H13F3N2O2/c1-23-16(24)14(11-6-3-2-4-7-11)15(17(23)25)22-13-9-5-8-12(10-13)18(19,20)21/h2-10,22H,1H3. The fourth-order valence-corrected chi connectivity index (χ4v) is 2.55. The average Bonchev–Trinajstić information content (AvgIpc) is 2.79. The Morgan fingerprint density at radius 1 is 0.920 bits per heavy atom. The molecule has 0 saturated heterocycles. The molecule has 2 aromatic carbocycles. The van der Waals surface area contributed by atoms with Gasteiger partial charge in [-0.25, -0.2) is 0 Å².